The summed E-state index contributed by atoms with van der Waals surface area (Å²) in [4.78, 5) is 12.3. The summed E-state index contributed by atoms with van der Waals surface area (Å²) in [5.74, 6) is 0.603. The van der Waals surface area contributed by atoms with E-state index in [-0.39, 0.29) is 5.91 Å². The van der Waals surface area contributed by atoms with Gasteiger partial charge in [0.25, 0.3) is 0 Å². The summed E-state index contributed by atoms with van der Waals surface area (Å²) in [5.41, 5.74) is 8.15. The van der Waals surface area contributed by atoms with Crippen LogP contribution in [0.3, 0.4) is 0 Å². The van der Waals surface area contributed by atoms with Gasteiger partial charge in [-0.15, -0.1) is 11.3 Å². The molecule has 1 atom stereocenters. The van der Waals surface area contributed by atoms with E-state index in [0.29, 0.717) is 13.0 Å². The molecule has 0 aliphatic heterocycles. The summed E-state index contributed by atoms with van der Waals surface area (Å²) in [7, 11) is 1.62. The lowest BCUT2D eigenvalue weighted by atomic mass is 10.0. The van der Waals surface area contributed by atoms with Crippen molar-refractivity contribution in [2.75, 3.05) is 7.11 Å². The summed E-state index contributed by atoms with van der Waals surface area (Å²) in [6, 6.07) is 15.2. The number of carbonyl (C=O) groups excluding carboxylic acids is 1. The predicted octanol–water partition coefficient (Wildman–Crippen LogP) is 3.10. The molecule has 0 saturated carbocycles. The zero-order valence-corrected chi connectivity index (χ0v) is 14.3. The number of carbonyl (C=O) groups is 1. The second-order valence-corrected chi connectivity index (χ2v) is 6.51. The molecule has 0 fully saturated rings. The maximum absolute atomic E-state index is 12.3. The van der Waals surface area contributed by atoms with Crippen LogP contribution in [0.25, 0.3) is 10.1 Å². The van der Waals surface area contributed by atoms with Crippen molar-refractivity contribution in [2.45, 2.75) is 19.0 Å². The number of benzene rings is 2. The van der Waals surface area contributed by atoms with Gasteiger partial charge in [0, 0.05) is 16.8 Å². The molecule has 124 valence electrons. The summed E-state index contributed by atoms with van der Waals surface area (Å²) in [6.07, 6.45) is 0.530. The van der Waals surface area contributed by atoms with Gasteiger partial charge >= 0.3 is 0 Å². The van der Waals surface area contributed by atoms with Crippen molar-refractivity contribution in [3.05, 3.63) is 65.0 Å². The van der Waals surface area contributed by atoms with Crippen LogP contribution < -0.4 is 15.8 Å². The number of amides is 1. The molecule has 0 aliphatic carbocycles. The molecular weight excluding hydrogens is 320 g/mol. The van der Waals surface area contributed by atoms with Crippen LogP contribution in [-0.2, 0) is 17.8 Å². The van der Waals surface area contributed by atoms with Crippen LogP contribution in [-0.4, -0.2) is 19.1 Å². The minimum atomic E-state index is -0.572. The Bertz CT molecular complexity index is 844. The summed E-state index contributed by atoms with van der Waals surface area (Å²) < 4.78 is 6.51. The fourth-order valence-electron chi connectivity index (χ4n) is 2.68. The van der Waals surface area contributed by atoms with Gasteiger partial charge in [0.05, 0.1) is 13.2 Å². The molecular formula is C19H20N2O2S. The van der Waals surface area contributed by atoms with E-state index >= 15 is 0 Å². The van der Waals surface area contributed by atoms with Crippen LogP contribution >= 0.6 is 11.3 Å². The third kappa shape index (κ3) is 3.58. The first-order chi connectivity index (χ1) is 11.7. The van der Waals surface area contributed by atoms with Crippen molar-refractivity contribution >= 4 is 27.3 Å². The first-order valence-electron chi connectivity index (χ1n) is 7.79. The molecule has 0 bridgehead atoms. The Labute approximate surface area is 145 Å². The van der Waals surface area contributed by atoms with Crippen molar-refractivity contribution < 1.29 is 9.53 Å². The van der Waals surface area contributed by atoms with E-state index in [9.17, 15) is 4.79 Å². The van der Waals surface area contributed by atoms with Crippen molar-refractivity contribution in [3.8, 4) is 5.75 Å². The Hall–Kier alpha value is -2.37. The number of nitrogens with two attached hydrogens (primary N) is 1. The number of hydrogen-bond acceptors (Lipinski definition) is 4. The van der Waals surface area contributed by atoms with Gasteiger partial charge in [-0.2, -0.15) is 0 Å². The van der Waals surface area contributed by atoms with Gasteiger partial charge in [-0.25, -0.2) is 0 Å². The molecule has 1 heterocycles. The lowest BCUT2D eigenvalue weighted by Crippen LogP contribution is -2.41. The number of para-hydroxylation sites is 1. The summed E-state index contributed by atoms with van der Waals surface area (Å²) in [6.45, 7) is 0.404. The molecule has 1 unspecified atom stereocenters. The van der Waals surface area contributed by atoms with Crippen LogP contribution in [0, 0.1) is 0 Å². The monoisotopic (exact) mass is 340 g/mol. The molecule has 24 heavy (non-hydrogen) atoms. The number of ether oxygens (including phenoxy) is 1. The molecule has 3 rings (SSSR count). The van der Waals surface area contributed by atoms with E-state index in [0.717, 1.165) is 16.9 Å². The normalized spacial score (nSPS) is 12.1. The summed E-state index contributed by atoms with van der Waals surface area (Å²) >= 11 is 1.68. The molecule has 4 nitrogen and oxygen atoms in total. The molecule has 0 spiro atoms. The lowest BCUT2D eigenvalue weighted by molar-refractivity contribution is -0.122. The van der Waals surface area contributed by atoms with Crippen molar-refractivity contribution in [3.63, 3.8) is 0 Å². The Morgan fingerprint density at radius 3 is 2.75 bits per heavy atom. The Morgan fingerprint density at radius 2 is 1.92 bits per heavy atom. The minimum Gasteiger partial charge on any atom is -0.496 e. The second kappa shape index (κ2) is 7.47. The second-order valence-electron chi connectivity index (χ2n) is 5.60. The molecule has 3 N–H and O–H groups in total. The van der Waals surface area contributed by atoms with E-state index < -0.39 is 6.04 Å². The number of rotatable bonds is 6. The molecule has 5 heteroatoms. The molecule has 1 amide bonds. The van der Waals surface area contributed by atoms with Crippen LogP contribution in [0.5, 0.6) is 5.75 Å². The maximum atomic E-state index is 12.3. The smallest absolute Gasteiger partial charge is 0.237 e. The van der Waals surface area contributed by atoms with Gasteiger partial charge in [0.1, 0.15) is 5.75 Å². The number of thiophene rings is 1. The lowest BCUT2D eigenvalue weighted by Gasteiger charge is -2.13. The van der Waals surface area contributed by atoms with Gasteiger partial charge in [-0.3, -0.25) is 4.79 Å². The molecule has 0 saturated heterocycles. The van der Waals surface area contributed by atoms with E-state index in [2.05, 4.69) is 22.8 Å². The molecule has 1 aromatic heterocycles. The van der Waals surface area contributed by atoms with Crippen molar-refractivity contribution in [2.24, 2.45) is 5.73 Å². The van der Waals surface area contributed by atoms with Gasteiger partial charge in [-0.05, 0) is 34.9 Å². The van der Waals surface area contributed by atoms with Crippen LogP contribution in [0.1, 0.15) is 11.1 Å². The predicted molar refractivity (Wildman–Crippen MR) is 98.3 cm³/mol. The number of methoxy groups -OCH3 is 1. The van der Waals surface area contributed by atoms with Crippen LogP contribution in [0.2, 0.25) is 0 Å². The first kappa shape index (κ1) is 16.5. The number of hydrogen-bond donors (Lipinski definition) is 2. The number of fused-ring (bicyclic) bond motifs is 1. The molecule has 2 aromatic carbocycles. The highest BCUT2D eigenvalue weighted by Crippen LogP contribution is 2.26. The van der Waals surface area contributed by atoms with Gasteiger partial charge in [-0.1, -0.05) is 36.4 Å². The van der Waals surface area contributed by atoms with Crippen LogP contribution in [0.15, 0.2) is 53.9 Å². The average Bonchev–Trinajstić information content (AvgIpc) is 3.03. The highest BCUT2D eigenvalue weighted by Gasteiger charge is 2.16. The van der Waals surface area contributed by atoms with Gasteiger partial charge < -0.3 is 15.8 Å². The minimum absolute atomic E-state index is 0.156. The fraction of sp³-hybridized carbons (Fsp3) is 0.211. The van der Waals surface area contributed by atoms with Crippen molar-refractivity contribution in [1.29, 1.82) is 0 Å². The molecule has 3 aromatic rings. The van der Waals surface area contributed by atoms with E-state index in [1.165, 1.54) is 10.1 Å². The topological polar surface area (TPSA) is 64.3 Å². The zero-order valence-electron chi connectivity index (χ0n) is 13.5. The maximum Gasteiger partial charge on any atom is 0.237 e. The largest absolute Gasteiger partial charge is 0.496 e. The standard InChI is InChI=1S/C19H20N2O2S/c1-23-17-8-4-2-6-13(17)11-21-19(22)16(20)10-14-12-24-18-9-5-3-7-15(14)18/h2-9,12,16H,10-11,20H2,1H3,(H,21,22). The van der Waals surface area contributed by atoms with E-state index in [4.69, 9.17) is 10.5 Å². The first-order valence-corrected chi connectivity index (χ1v) is 8.67. The van der Waals surface area contributed by atoms with Crippen molar-refractivity contribution in [1.82, 2.24) is 5.32 Å². The van der Waals surface area contributed by atoms with E-state index in [1.807, 2.05) is 36.4 Å². The molecule has 0 radical (unpaired) electrons. The highest BCUT2D eigenvalue weighted by molar-refractivity contribution is 7.17. The van der Waals surface area contributed by atoms with E-state index in [1.54, 1.807) is 18.4 Å². The third-order valence-electron chi connectivity index (χ3n) is 3.98. The molecule has 0 aliphatic rings. The van der Waals surface area contributed by atoms with Crippen LogP contribution in [0.4, 0.5) is 0 Å². The quantitative estimate of drug-likeness (QED) is 0.725. The van der Waals surface area contributed by atoms with Gasteiger partial charge in [0.15, 0.2) is 0 Å². The Morgan fingerprint density at radius 1 is 1.17 bits per heavy atom. The average molecular weight is 340 g/mol. The summed E-state index contributed by atoms with van der Waals surface area (Å²) in [5, 5.41) is 6.15. The fourth-order valence-corrected chi connectivity index (χ4v) is 3.66. The highest BCUT2D eigenvalue weighted by atomic mass is 32.1. The Balaban J connectivity index is 1.63. The Kier molecular flexibility index (Phi) is 5.13. The number of nitrogens with one attached hydrogen (secondary N) is 1. The van der Waals surface area contributed by atoms with Gasteiger partial charge in [0.2, 0.25) is 5.91 Å². The third-order valence-corrected chi connectivity index (χ3v) is 5.00. The zero-order chi connectivity index (χ0) is 16.9. The SMILES string of the molecule is COc1ccccc1CNC(=O)C(N)Cc1csc2ccccc12.